The van der Waals surface area contributed by atoms with Gasteiger partial charge in [0.15, 0.2) is 0 Å². The molecule has 0 bridgehead atoms. The third kappa shape index (κ3) is 2.10. The Hall–Kier alpha value is -1.32. The second-order valence-electron chi connectivity index (χ2n) is 4.20. The molecule has 16 heavy (non-hydrogen) atoms. The van der Waals surface area contributed by atoms with Crippen LogP contribution in [0, 0.1) is 0 Å². The molecular formula is C13H18N2O. The van der Waals surface area contributed by atoms with Gasteiger partial charge in [0.2, 0.25) is 0 Å². The van der Waals surface area contributed by atoms with Crippen molar-refractivity contribution in [3.05, 3.63) is 36.0 Å². The summed E-state index contributed by atoms with van der Waals surface area (Å²) in [6.45, 7) is 3.31. The van der Waals surface area contributed by atoms with E-state index in [0.29, 0.717) is 6.54 Å². The Morgan fingerprint density at radius 1 is 1.38 bits per heavy atom. The van der Waals surface area contributed by atoms with Crippen molar-refractivity contribution in [2.24, 2.45) is 0 Å². The topological polar surface area (TPSA) is 37.2 Å². The highest BCUT2D eigenvalue weighted by molar-refractivity contribution is 5.83. The third-order valence-corrected chi connectivity index (χ3v) is 2.70. The Balaban J connectivity index is 2.48. The molecule has 3 heteroatoms. The number of rotatable bonds is 4. The quantitative estimate of drug-likeness (QED) is 0.820. The highest BCUT2D eigenvalue weighted by atomic mass is 16.3. The van der Waals surface area contributed by atoms with Crippen LogP contribution < -0.4 is 5.32 Å². The van der Waals surface area contributed by atoms with Crippen molar-refractivity contribution >= 4 is 10.9 Å². The van der Waals surface area contributed by atoms with E-state index in [4.69, 9.17) is 0 Å². The van der Waals surface area contributed by atoms with Crippen molar-refractivity contribution in [3.8, 4) is 0 Å². The van der Waals surface area contributed by atoms with Gasteiger partial charge < -0.3 is 15.0 Å². The maximum absolute atomic E-state index is 9.47. The summed E-state index contributed by atoms with van der Waals surface area (Å²) in [5.41, 5.74) is 2.47. The minimum Gasteiger partial charge on any atom is -0.392 e. The van der Waals surface area contributed by atoms with Crippen LogP contribution >= 0.6 is 0 Å². The molecule has 0 aliphatic carbocycles. The third-order valence-electron chi connectivity index (χ3n) is 2.70. The van der Waals surface area contributed by atoms with E-state index in [1.54, 1.807) is 0 Å². The highest BCUT2D eigenvalue weighted by Crippen LogP contribution is 2.21. The van der Waals surface area contributed by atoms with Crippen LogP contribution in [0.3, 0.4) is 0 Å². The highest BCUT2D eigenvalue weighted by Gasteiger charge is 2.08. The van der Waals surface area contributed by atoms with Gasteiger partial charge in [-0.05, 0) is 25.6 Å². The van der Waals surface area contributed by atoms with Crippen LogP contribution in [0.4, 0.5) is 0 Å². The van der Waals surface area contributed by atoms with Crippen LogP contribution in [-0.4, -0.2) is 22.8 Å². The van der Waals surface area contributed by atoms with Crippen LogP contribution in [0.2, 0.25) is 0 Å². The number of aliphatic hydroxyl groups excluding tert-OH is 1. The Morgan fingerprint density at radius 2 is 2.12 bits per heavy atom. The second kappa shape index (κ2) is 4.68. The molecule has 1 aromatic heterocycles. The molecule has 1 heterocycles. The zero-order valence-electron chi connectivity index (χ0n) is 9.77. The second-order valence-corrected chi connectivity index (χ2v) is 4.20. The molecule has 86 valence electrons. The lowest BCUT2D eigenvalue weighted by Crippen LogP contribution is -2.10. The van der Waals surface area contributed by atoms with Gasteiger partial charge in [-0.2, -0.15) is 0 Å². The van der Waals surface area contributed by atoms with E-state index >= 15 is 0 Å². The van der Waals surface area contributed by atoms with Crippen LogP contribution in [0.5, 0.6) is 0 Å². The number of nitrogens with zero attached hydrogens (tertiary/aromatic N) is 1. The van der Waals surface area contributed by atoms with Gasteiger partial charge in [0.05, 0.1) is 6.10 Å². The molecule has 3 nitrogen and oxygen atoms in total. The number of hydrogen-bond acceptors (Lipinski definition) is 2. The van der Waals surface area contributed by atoms with Crippen molar-refractivity contribution in [1.82, 2.24) is 9.88 Å². The molecule has 0 radical (unpaired) electrons. The predicted molar refractivity (Wildman–Crippen MR) is 66.4 cm³/mol. The lowest BCUT2D eigenvalue weighted by molar-refractivity contribution is 0.175. The molecule has 1 unspecified atom stereocenters. The maximum Gasteiger partial charge on any atom is 0.0691 e. The molecule has 2 N–H and O–H groups in total. The molecule has 2 aromatic rings. The average Bonchev–Trinajstić information content (AvgIpc) is 2.58. The van der Waals surface area contributed by atoms with Crippen LogP contribution in [0.25, 0.3) is 10.9 Å². The lowest BCUT2D eigenvalue weighted by Gasteiger charge is -2.06. The summed E-state index contributed by atoms with van der Waals surface area (Å²) in [7, 11) is 1.95. The molecule has 0 fully saturated rings. The lowest BCUT2D eigenvalue weighted by atomic mass is 10.2. The van der Waals surface area contributed by atoms with Crippen molar-refractivity contribution in [3.63, 3.8) is 0 Å². The van der Waals surface area contributed by atoms with Crippen LogP contribution in [-0.2, 0) is 13.1 Å². The van der Waals surface area contributed by atoms with Crippen molar-refractivity contribution < 1.29 is 5.11 Å². The van der Waals surface area contributed by atoms with Gasteiger partial charge in [-0.3, -0.25) is 0 Å². The normalized spacial score (nSPS) is 13.2. The molecule has 0 aliphatic heterocycles. The van der Waals surface area contributed by atoms with E-state index in [1.165, 1.54) is 16.5 Å². The SMILES string of the molecule is CNCc1cn(CC(C)O)c2ccccc12. The minimum atomic E-state index is -0.321. The number of hydrogen-bond donors (Lipinski definition) is 2. The Bertz CT molecular complexity index is 474. The number of nitrogens with one attached hydrogen (secondary N) is 1. The van der Waals surface area contributed by atoms with Crippen LogP contribution in [0.15, 0.2) is 30.5 Å². The summed E-state index contributed by atoms with van der Waals surface area (Å²) in [6.07, 6.45) is 1.80. The Labute approximate surface area is 95.7 Å². The number of fused-ring (bicyclic) bond motifs is 1. The molecule has 1 aromatic carbocycles. The maximum atomic E-state index is 9.47. The van der Waals surface area contributed by atoms with Gasteiger partial charge in [0.25, 0.3) is 0 Å². The van der Waals surface area contributed by atoms with Crippen molar-refractivity contribution in [2.75, 3.05) is 7.05 Å². The number of aromatic nitrogens is 1. The fraction of sp³-hybridized carbons (Fsp3) is 0.385. The smallest absolute Gasteiger partial charge is 0.0691 e. The van der Waals surface area contributed by atoms with Gasteiger partial charge >= 0.3 is 0 Å². The predicted octanol–water partition coefficient (Wildman–Crippen LogP) is 1.74. The van der Waals surface area contributed by atoms with Crippen LogP contribution in [0.1, 0.15) is 12.5 Å². The summed E-state index contributed by atoms with van der Waals surface area (Å²) in [5, 5.41) is 13.9. The summed E-state index contributed by atoms with van der Waals surface area (Å²) in [4.78, 5) is 0. The van der Waals surface area contributed by atoms with Gasteiger partial charge in [-0.15, -0.1) is 0 Å². The van der Waals surface area contributed by atoms with Crippen molar-refractivity contribution in [2.45, 2.75) is 26.1 Å². The van der Waals surface area contributed by atoms with E-state index in [0.717, 1.165) is 6.54 Å². The zero-order chi connectivity index (χ0) is 11.5. The first-order valence-electron chi connectivity index (χ1n) is 5.61. The summed E-state index contributed by atoms with van der Waals surface area (Å²) in [5.74, 6) is 0. The summed E-state index contributed by atoms with van der Waals surface area (Å²) in [6, 6.07) is 8.30. The van der Waals surface area contributed by atoms with Gasteiger partial charge in [0, 0.05) is 30.2 Å². The van der Waals surface area contributed by atoms with E-state index in [9.17, 15) is 5.11 Å². The zero-order valence-corrected chi connectivity index (χ0v) is 9.77. The molecule has 0 spiro atoms. The van der Waals surface area contributed by atoms with E-state index in [1.807, 2.05) is 26.1 Å². The minimum absolute atomic E-state index is 0.321. The first-order valence-corrected chi connectivity index (χ1v) is 5.61. The first kappa shape index (κ1) is 11.2. The monoisotopic (exact) mass is 218 g/mol. The van der Waals surface area contributed by atoms with Crippen molar-refractivity contribution in [1.29, 1.82) is 0 Å². The van der Waals surface area contributed by atoms with Gasteiger partial charge in [-0.1, -0.05) is 18.2 Å². The van der Waals surface area contributed by atoms with Gasteiger partial charge in [-0.25, -0.2) is 0 Å². The Morgan fingerprint density at radius 3 is 2.81 bits per heavy atom. The number of aliphatic hydroxyl groups is 1. The average molecular weight is 218 g/mol. The molecule has 0 amide bonds. The molecule has 0 saturated carbocycles. The molecule has 0 aliphatic rings. The van der Waals surface area contributed by atoms with E-state index < -0.39 is 0 Å². The first-order chi connectivity index (χ1) is 7.72. The molecule has 0 saturated heterocycles. The largest absolute Gasteiger partial charge is 0.392 e. The molecule has 1 atom stereocenters. The fourth-order valence-corrected chi connectivity index (χ4v) is 2.09. The van der Waals surface area contributed by atoms with Gasteiger partial charge in [0.1, 0.15) is 0 Å². The fourth-order valence-electron chi connectivity index (χ4n) is 2.09. The van der Waals surface area contributed by atoms with E-state index in [2.05, 4.69) is 28.2 Å². The molecular weight excluding hydrogens is 200 g/mol. The summed E-state index contributed by atoms with van der Waals surface area (Å²) < 4.78 is 2.12. The Kier molecular flexibility index (Phi) is 3.27. The van der Waals surface area contributed by atoms with E-state index in [-0.39, 0.29) is 6.10 Å². The number of para-hydroxylation sites is 1. The summed E-state index contributed by atoms with van der Waals surface area (Å²) >= 11 is 0. The molecule has 2 rings (SSSR count). The number of benzene rings is 1. The standard InChI is InChI=1S/C13H18N2O/c1-10(16)8-15-9-11(7-14-2)12-5-3-4-6-13(12)15/h3-6,9-10,14,16H,7-8H2,1-2H3.